The van der Waals surface area contributed by atoms with Crippen molar-refractivity contribution in [1.82, 2.24) is 10.6 Å². The van der Waals surface area contributed by atoms with Crippen molar-refractivity contribution >= 4 is 29.3 Å². The molecule has 5 heteroatoms. The second-order valence-corrected chi connectivity index (χ2v) is 7.05. The quantitative estimate of drug-likeness (QED) is 0.896. The number of carbonyl (C=O) groups excluding carboxylic acids is 1. The van der Waals surface area contributed by atoms with Gasteiger partial charge in [0.05, 0.1) is 12.7 Å². The van der Waals surface area contributed by atoms with Gasteiger partial charge in [-0.3, -0.25) is 4.79 Å². The van der Waals surface area contributed by atoms with Gasteiger partial charge in [0, 0.05) is 23.0 Å². The first-order chi connectivity index (χ1) is 11.2. The van der Waals surface area contributed by atoms with Crippen LogP contribution in [-0.4, -0.2) is 24.5 Å². The van der Waals surface area contributed by atoms with Crippen LogP contribution in [0.2, 0.25) is 0 Å². The molecule has 24 heavy (non-hydrogen) atoms. The Hall–Kier alpha value is -1.52. The lowest BCUT2D eigenvalue weighted by atomic mass is 10.00. The van der Waals surface area contributed by atoms with Crippen molar-refractivity contribution in [3.63, 3.8) is 0 Å². The first kappa shape index (κ1) is 17.3. The number of benzene rings is 1. The molecule has 1 aromatic heterocycles. The first-order valence-electron chi connectivity index (χ1n) is 8.73. The van der Waals surface area contributed by atoms with Crippen LogP contribution in [0.3, 0.4) is 0 Å². The lowest BCUT2D eigenvalue weighted by Crippen LogP contribution is -2.46. The van der Waals surface area contributed by atoms with Gasteiger partial charge in [-0.15, -0.1) is 12.4 Å². The molecule has 0 saturated carbocycles. The van der Waals surface area contributed by atoms with E-state index in [9.17, 15) is 4.79 Å². The fourth-order valence-corrected chi connectivity index (χ4v) is 4.00. The minimum Gasteiger partial charge on any atom is -0.464 e. The van der Waals surface area contributed by atoms with Crippen LogP contribution in [0.15, 0.2) is 22.8 Å². The third-order valence-electron chi connectivity index (χ3n) is 5.21. The lowest BCUT2D eigenvalue weighted by Gasteiger charge is -2.28. The molecule has 1 aromatic carbocycles. The molecule has 1 saturated heterocycles. The second-order valence-electron chi connectivity index (χ2n) is 7.05. The zero-order chi connectivity index (χ0) is 15.8. The van der Waals surface area contributed by atoms with Gasteiger partial charge < -0.3 is 15.1 Å². The minimum absolute atomic E-state index is 0. The zero-order valence-corrected chi connectivity index (χ0v) is 14.9. The summed E-state index contributed by atoms with van der Waals surface area (Å²) < 4.78 is 5.69. The van der Waals surface area contributed by atoms with Gasteiger partial charge in [-0.05, 0) is 68.8 Å². The predicted molar refractivity (Wildman–Crippen MR) is 97.8 cm³/mol. The number of aryl methyl sites for hydroxylation is 2. The van der Waals surface area contributed by atoms with Crippen molar-refractivity contribution in [2.75, 3.05) is 6.54 Å². The number of nitrogens with one attached hydrogen (secondary N) is 2. The summed E-state index contributed by atoms with van der Waals surface area (Å²) in [6.07, 6.45) is 7.70. The molecule has 2 unspecified atom stereocenters. The fourth-order valence-electron chi connectivity index (χ4n) is 4.00. The van der Waals surface area contributed by atoms with E-state index in [-0.39, 0.29) is 18.3 Å². The van der Waals surface area contributed by atoms with E-state index in [4.69, 9.17) is 4.42 Å². The van der Waals surface area contributed by atoms with Gasteiger partial charge in [0.2, 0.25) is 5.91 Å². The van der Waals surface area contributed by atoms with Crippen LogP contribution in [0, 0.1) is 0 Å². The number of rotatable bonds is 3. The Morgan fingerprint density at radius 3 is 2.92 bits per heavy atom. The van der Waals surface area contributed by atoms with Crippen molar-refractivity contribution < 1.29 is 9.21 Å². The SMILES string of the molecule is CC1CC(NC(=O)Cc2coc3cc4c(cc23)CCC4)CCN1.Cl. The van der Waals surface area contributed by atoms with Gasteiger partial charge in [-0.1, -0.05) is 0 Å². The number of carbonyl (C=O) groups is 1. The highest BCUT2D eigenvalue weighted by Gasteiger charge is 2.21. The number of fused-ring (bicyclic) bond motifs is 2. The number of halogens is 1. The first-order valence-corrected chi connectivity index (χ1v) is 8.73. The molecule has 1 aliphatic heterocycles. The molecule has 1 aliphatic carbocycles. The van der Waals surface area contributed by atoms with Crippen molar-refractivity contribution in [3.8, 4) is 0 Å². The van der Waals surface area contributed by atoms with E-state index in [2.05, 4.69) is 29.7 Å². The highest BCUT2D eigenvalue weighted by molar-refractivity contribution is 5.88. The van der Waals surface area contributed by atoms with Gasteiger partial charge in [-0.25, -0.2) is 0 Å². The Kier molecular flexibility index (Phi) is 5.16. The van der Waals surface area contributed by atoms with E-state index in [1.807, 2.05) is 0 Å². The van der Waals surface area contributed by atoms with Crippen LogP contribution in [-0.2, 0) is 24.1 Å². The Balaban J connectivity index is 0.00000169. The third-order valence-corrected chi connectivity index (χ3v) is 5.21. The summed E-state index contributed by atoms with van der Waals surface area (Å²) >= 11 is 0. The topological polar surface area (TPSA) is 54.3 Å². The Bertz CT molecular complexity index is 740. The Morgan fingerprint density at radius 1 is 1.33 bits per heavy atom. The van der Waals surface area contributed by atoms with Gasteiger partial charge in [0.15, 0.2) is 0 Å². The van der Waals surface area contributed by atoms with Crippen LogP contribution >= 0.6 is 12.4 Å². The average Bonchev–Trinajstić information content (AvgIpc) is 3.12. The summed E-state index contributed by atoms with van der Waals surface area (Å²) in [5.41, 5.74) is 4.76. The summed E-state index contributed by atoms with van der Waals surface area (Å²) in [5, 5.41) is 7.71. The van der Waals surface area contributed by atoms with Crippen molar-refractivity contribution in [3.05, 3.63) is 35.1 Å². The highest BCUT2D eigenvalue weighted by atomic mass is 35.5. The highest BCUT2D eigenvalue weighted by Crippen LogP contribution is 2.30. The second kappa shape index (κ2) is 7.16. The smallest absolute Gasteiger partial charge is 0.224 e. The molecule has 1 amide bonds. The van der Waals surface area contributed by atoms with Crippen molar-refractivity contribution in [1.29, 1.82) is 0 Å². The third kappa shape index (κ3) is 3.45. The standard InChI is InChI=1S/C19H24N2O2.ClH/c1-12-7-16(5-6-20-12)21-19(22)10-15-11-23-18-9-14-4-2-3-13(14)8-17(15)18;/h8-9,11-12,16,20H,2-7,10H2,1H3,(H,21,22);1H. The molecule has 2 atom stereocenters. The Labute approximate surface area is 148 Å². The maximum Gasteiger partial charge on any atom is 0.224 e. The number of hydrogen-bond donors (Lipinski definition) is 2. The molecule has 2 heterocycles. The summed E-state index contributed by atoms with van der Waals surface area (Å²) in [6.45, 7) is 3.15. The number of furan rings is 1. The van der Waals surface area contributed by atoms with E-state index in [1.165, 1.54) is 17.5 Å². The number of hydrogen-bond acceptors (Lipinski definition) is 3. The van der Waals surface area contributed by atoms with Crippen LogP contribution in [0.1, 0.15) is 42.9 Å². The lowest BCUT2D eigenvalue weighted by molar-refractivity contribution is -0.121. The maximum atomic E-state index is 12.4. The molecule has 2 aliphatic rings. The molecule has 1 fully saturated rings. The number of piperidine rings is 1. The van der Waals surface area contributed by atoms with Gasteiger partial charge in [0.1, 0.15) is 5.58 Å². The molecule has 2 aromatic rings. The molecule has 0 spiro atoms. The fraction of sp³-hybridized carbons (Fsp3) is 0.526. The van der Waals surface area contributed by atoms with E-state index >= 15 is 0 Å². The molecule has 130 valence electrons. The van der Waals surface area contributed by atoms with Crippen LogP contribution in [0.5, 0.6) is 0 Å². The Morgan fingerprint density at radius 2 is 2.12 bits per heavy atom. The average molecular weight is 349 g/mol. The number of amides is 1. The molecular weight excluding hydrogens is 324 g/mol. The molecule has 4 rings (SSSR count). The molecule has 4 nitrogen and oxygen atoms in total. The molecular formula is C19H25ClN2O2. The van der Waals surface area contributed by atoms with Crippen molar-refractivity contribution in [2.45, 2.75) is 57.5 Å². The minimum atomic E-state index is 0. The summed E-state index contributed by atoms with van der Waals surface area (Å²) in [5.74, 6) is 0.104. The van der Waals surface area contributed by atoms with Gasteiger partial charge in [-0.2, -0.15) is 0 Å². The summed E-state index contributed by atoms with van der Waals surface area (Å²) in [7, 11) is 0. The normalized spacial score (nSPS) is 22.9. The molecule has 2 N–H and O–H groups in total. The predicted octanol–water partition coefficient (Wildman–Crippen LogP) is 3.14. The van der Waals surface area contributed by atoms with Crippen molar-refractivity contribution in [2.24, 2.45) is 0 Å². The van der Waals surface area contributed by atoms with Crippen LogP contribution < -0.4 is 10.6 Å². The molecule has 0 radical (unpaired) electrons. The van der Waals surface area contributed by atoms with Crippen LogP contribution in [0.4, 0.5) is 0 Å². The summed E-state index contributed by atoms with van der Waals surface area (Å²) in [6, 6.07) is 5.16. The monoisotopic (exact) mass is 348 g/mol. The summed E-state index contributed by atoms with van der Waals surface area (Å²) in [4.78, 5) is 12.4. The maximum absolute atomic E-state index is 12.4. The van der Waals surface area contributed by atoms with Crippen LogP contribution in [0.25, 0.3) is 11.0 Å². The van der Waals surface area contributed by atoms with Gasteiger partial charge in [0.25, 0.3) is 0 Å². The van der Waals surface area contributed by atoms with E-state index in [0.717, 1.165) is 48.8 Å². The van der Waals surface area contributed by atoms with Gasteiger partial charge >= 0.3 is 0 Å². The van der Waals surface area contributed by atoms with E-state index in [0.29, 0.717) is 18.5 Å². The molecule has 0 bridgehead atoms. The largest absolute Gasteiger partial charge is 0.464 e. The van der Waals surface area contributed by atoms with E-state index in [1.54, 1.807) is 6.26 Å². The van der Waals surface area contributed by atoms with E-state index < -0.39 is 0 Å². The zero-order valence-electron chi connectivity index (χ0n) is 14.1.